The van der Waals surface area contributed by atoms with Crippen LogP contribution in [0.15, 0.2) is 22.7 Å². The number of benzene rings is 1. The second-order valence-electron chi connectivity index (χ2n) is 6.56. The number of nitrogens with zero attached hydrogens (tertiary/aromatic N) is 1. The summed E-state index contributed by atoms with van der Waals surface area (Å²) in [5, 5.41) is 0. The van der Waals surface area contributed by atoms with Crippen LogP contribution >= 0.6 is 15.9 Å². The largest absolute Gasteiger partial charge is 0.326 e. The Morgan fingerprint density at radius 1 is 1.19 bits per heavy atom. The Labute approximate surface area is 135 Å². The minimum absolute atomic E-state index is 0.135. The fourth-order valence-electron chi connectivity index (χ4n) is 4.18. The first kappa shape index (κ1) is 15.4. The van der Waals surface area contributed by atoms with Gasteiger partial charge in [-0.05, 0) is 78.8 Å². The lowest BCUT2D eigenvalue weighted by atomic mass is 9.83. The molecule has 2 aliphatic rings. The summed E-state index contributed by atoms with van der Waals surface area (Å²) < 4.78 is 13.9. The van der Waals surface area contributed by atoms with Gasteiger partial charge in [0.25, 0.3) is 0 Å². The van der Waals surface area contributed by atoms with E-state index in [1.807, 2.05) is 12.1 Å². The topological polar surface area (TPSA) is 29.3 Å². The van der Waals surface area contributed by atoms with Crippen molar-refractivity contribution in [2.24, 2.45) is 5.73 Å². The van der Waals surface area contributed by atoms with Gasteiger partial charge in [0.2, 0.25) is 0 Å². The van der Waals surface area contributed by atoms with Gasteiger partial charge in [0.05, 0.1) is 4.47 Å². The minimum Gasteiger partial charge on any atom is -0.326 e. The van der Waals surface area contributed by atoms with Gasteiger partial charge in [0.1, 0.15) is 5.82 Å². The molecule has 0 amide bonds. The van der Waals surface area contributed by atoms with Crippen LogP contribution in [0.1, 0.15) is 44.1 Å². The van der Waals surface area contributed by atoms with Gasteiger partial charge in [-0.2, -0.15) is 0 Å². The van der Waals surface area contributed by atoms with Crippen LogP contribution in [-0.2, 0) is 6.42 Å². The van der Waals surface area contributed by atoms with Crippen LogP contribution in [0.3, 0.4) is 0 Å². The summed E-state index contributed by atoms with van der Waals surface area (Å²) >= 11 is 3.27. The van der Waals surface area contributed by atoms with E-state index in [4.69, 9.17) is 5.73 Å². The Bertz CT molecular complexity index is 494. The average molecular weight is 355 g/mol. The summed E-state index contributed by atoms with van der Waals surface area (Å²) in [6, 6.07) is 5.41. The number of hydrogen-bond donors (Lipinski definition) is 1. The molecule has 1 saturated carbocycles. The third kappa shape index (κ3) is 3.03. The molecule has 1 aliphatic carbocycles. The highest BCUT2D eigenvalue weighted by Gasteiger charge is 2.44. The fourth-order valence-corrected chi connectivity index (χ4v) is 4.61. The molecule has 0 bridgehead atoms. The van der Waals surface area contributed by atoms with Gasteiger partial charge in [0.15, 0.2) is 0 Å². The van der Waals surface area contributed by atoms with Gasteiger partial charge in [-0.25, -0.2) is 4.39 Å². The molecular weight excluding hydrogens is 331 g/mol. The third-order valence-corrected chi connectivity index (χ3v) is 5.94. The van der Waals surface area contributed by atoms with Gasteiger partial charge in [0, 0.05) is 11.6 Å². The first-order chi connectivity index (χ1) is 10.1. The Balaban J connectivity index is 1.77. The molecule has 1 heterocycles. The molecule has 116 valence electrons. The molecule has 0 aromatic heterocycles. The quantitative estimate of drug-likeness (QED) is 0.889. The summed E-state index contributed by atoms with van der Waals surface area (Å²) in [4.78, 5) is 2.64. The van der Waals surface area contributed by atoms with Crippen molar-refractivity contribution in [2.75, 3.05) is 13.1 Å². The molecule has 3 rings (SSSR count). The maximum atomic E-state index is 13.4. The van der Waals surface area contributed by atoms with Gasteiger partial charge >= 0.3 is 0 Å². The molecule has 4 heteroatoms. The van der Waals surface area contributed by atoms with Crippen LogP contribution < -0.4 is 5.73 Å². The van der Waals surface area contributed by atoms with E-state index >= 15 is 0 Å². The van der Waals surface area contributed by atoms with Crippen molar-refractivity contribution in [3.8, 4) is 0 Å². The summed E-state index contributed by atoms with van der Waals surface area (Å²) in [6.07, 6.45) is 8.45. The van der Waals surface area contributed by atoms with Crippen LogP contribution in [0.4, 0.5) is 4.39 Å². The molecule has 0 spiro atoms. The first-order valence-corrected chi connectivity index (χ1v) is 8.86. The zero-order valence-electron chi connectivity index (χ0n) is 12.5. The lowest BCUT2D eigenvalue weighted by Gasteiger charge is -2.43. The fraction of sp³-hybridized carbons (Fsp3) is 0.647. The van der Waals surface area contributed by atoms with E-state index in [0.29, 0.717) is 4.47 Å². The molecular formula is C17H24BrFN2. The second-order valence-corrected chi connectivity index (χ2v) is 7.42. The van der Waals surface area contributed by atoms with Crippen molar-refractivity contribution in [2.45, 2.75) is 56.5 Å². The molecule has 0 radical (unpaired) electrons. The minimum atomic E-state index is -0.206. The SMILES string of the molecule is NC(Cc1ccc(F)c(Br)c1)C1(N2CCCC2)CCCC1. The monoisotopic (exact) mass is 354 g/mol. The molecule has 1 atom stereocenters. The van der Waals surface area contributed by atoms with Crippen molar-refractivity contribution in [1.82, 2.24) is 4.90 Å². The van der Waals surface area contributed by atoms with Crippen molar-refractivity contribution < 1.29 is 4.39 Å². The van der Waals surface area contributed by atoms with Crippen LogP contribution in [-0.4, -0.2) is 29.6 Å². The number of halogens is 2. The maximum Gasteiger partial charge on any atom is 0.137 e. The van der Waals surface area contributed by atoms with Crippen LogP contribution in [0.2, 0.25) is 0 Å². The molecule has 1 unspecified atom stereocenters. The molecule has 2 fully saturated rings. The van der Waals surface area contributed by atoms with Crippen molar-refractivity contribution >= 4 is 15.9 Å². The van der Waals surface area contributed by atoms with E-state index in [9.17, 15) is 4.39 Å². The zero-order valence-corrected chi connectivity index (χ0v) is 14.0. The van der Waals surface area contributed by atoms with Gasteiger partial charge in [-0.1, -0.05) is 18.9 Å². The first-order valence-electron chi connectivity index (χ1n) is 8.06. The molecule has 1 aliphatic heterocycles. The zero-order chi connectivity index (χ0) is 14.9. The highest BCUT2D eigenvalue weighted by Crippen LogP contribution is 2.40. The smallest absolute Gasteiger partial charge is 0.137 e. The number of nitrogens with two attached hydrogens (primary N) is 1. The highest BCUT2D eigenvalue weighted by atomic mass is 79.9. The Hall–Kier alpha value is -0.450. The lowest BCUT2D eigenvalue weighted by molar-refractivity contribution is 0.0921. The molecule has 1 aromatic carbocycles. The number of hydrogen-bond acceptors (Lipinski definition) is 2. The molecule has 2 nitrogen and oxygen atoms in total. The summed E-state index contributed by atoms with van der Waals surface area (Å²) in [5.74, 6) is -0.206. The normalized spacial score (nSPS) is 23.6. The van der Waals surface area contributed by atoms with E-state index < -0.39 is 0 Å². The summed E-state index contributed by atoms with van der Waals surface area (Å²) in [7, 11) is 0. The maximum absolute atomic E-state index is 13.4. The van der Waals surface area contributed by atoms with E-state index in [-0.39, 0.29) is 17.4 Å². The Morgan fingerprint density at radius 2 is 1.86 bits per heavy atom. The summed E-state index contributed by atoms with van der Waals surface area (Å²) in [5.41, 5.74) is 7.97. The second kappa shape index (κ2) is 6.35. The predicted molar refractivity (Wildman–Crippen MR) is 87.8 cm³/mol. The van der Waals surface area contributed by atoms with E-state index in [1.165, 1.54) is 57.7 Å². The van der Waals surface area contributed by atoms with Gasteiger partial charge in [-0.15, -0.1) is 0 Å². The van der Waals surface area contributed by atoms with Crippen LogP contribution in [0, 0.1) is 5.82 Å². The summed E-state index contributed by atoms with van der Waals surface area (Å²) in [6.45, 7) is 2.39. The van der Waals surface area contributed by atoms with Gasteiger partial charge in [-0.3, -0.25) is 4.90 Å². The van der Waals surface area contributed by atoms with Gasteiger partial charge < -0.3 is 5.73 Å². The third-order valence-electron chi connectivity index (χ3n) is 5.34. The predicted octanol–water partition coefficient (Wildman–Crippen LogP) is 3.87. The van der Waals surface area contributed by atoms with E-state index in [0.717, 1.165) is 12.0 Å². The molecule has 2 N–H and O–H groups in total. The molecule has 1 saturated heterocycles. The number of rotatable bonds is 4. The van der Waals surface area contributed by atoms with Crippen LogP contribution in [0.5, 0.6) is 0 Å². The van der Waals surface area contributed by atoms with Crippen molar-refractivity contribution in [3.63, 3.8) is 0 Å². The standard InChI is InChI=1S/C17H24BrFN2/c18-14-11-13(5-6-15(14)19)12-16(20)17(7-1-2-8-17)21-9-3-4-10-21/h5-6,11,16H,1-4,7-10,12,20H2. The van der Waals surface area contributed by atoms with E-state index in [2.05, 4.69) is 20.8 Å². The van der Waals surface area contributed by atoms with Crippen molar-refractivity contribution in [1.29, 1.82) is 0 Å². The van der Waals surface area contributed by atoms with Crippen LogP contribution in [0.25, 0.3) is 0 Å². The Morgan fingerprint density at radius 3 is 2.48 bits per heavy atom. The average Bonchev–Trinajstić information content (AvgIpc) is 3.13. The number of likely N-dealkylation sites (tertiary alicyclic amines) is 1. The highest BCUT2D eigenvalue weighted by molar-refractivity contribution is 9.10. The lowest BCUT2D eigenvalue weighted by Crippen LogP contribution is -2.58. The molecule has 1 aromatic rings. The van der Waals surface area contributed by atoms with E-state index in [1.54, 1.807) is 0 Å². The Kier molecular flexibility index (Phi) is 4.67. The molecule has 21 heavy (non-hydrogen) atoms. The van der Waals surface area contributed by atoms with Crippen molar-refractivity contribution in [3.05, 3.63) is 34.1 Å².